The Morgan fingerprint density at radius 3 is 2.25 bits per heavy atom. The lowest BCUT2D eigenvalue weighted by molar-refractivity contribution is -0.345. The third kappa shape index (κ3) is 1.61. The van der Waals surface area contributed by atoms with Crippen LogP contribution in [-0.2, 0) is 9.53 Å². The largest absolute Gasteiger partial charge is 0.455 e. The number of rotatable bonds is 2. The number of hydrogen-bond acceptors (Lipinski definition) is 2. The highest BCUT2D eigenvalue weighted by molar-refractivity contribution is 5.81. The van der Waals surface area contributed by atoms with E-state index >= 15 is 0 Å². The van der Waals surface area contributed by atoms with E-state index in [4.69, 9.17) is 4.74 Å². The quantitative estimate of drug-likeness (QED) is 0.569. The number of carbonyl (C=O) groups excluding carboxylic acids is 1. The molecule has 0 N–H and O–H groups in total. The normalized spacial score (nSPS) is 46.3. The summed E-state index contributed by atoms with van der Waals surface area (Å²) in [4.78, 5) is 11.6. The first-order valence-corrected chi connectivity index (χ1v) is 7.14. The maximum Gasteiger partial charge on any atom is 0.398 e. The molecule has 0 aromatic heterocycles. The minimum Gasteiger partial charge on any atom is -0.455 e. The van der Waals surface area contributed by atoms with Crippen LogP contribution >= 0.6 is 0 Å². The van der Waals surface area contributed by atoms with Gasteiger partial charge in [0.15, 0.2) is 0 Å². The molecule has 20 heavy (non-hydrogen) atoms. The van der Waals surface area contributed by atoms with Gasteiger partial charge in [-0.05, 0) is 56.8 Å². The molecule has 4 saturated carbocycles. The molecule has 0 aromatic carbocycles. The molecule has 4 rings (SSSR count). The summed E-state index contributed by atoms with van der Waals surface area (Å²) in [5.74, 6) is -0.669. The van der Waals surface area contributed by atoms with E-state index in [1.807, 2.05) is 0 Å². The summed E-state index contributed by atoms with van der Waals surface area (Å²) < 4.78 is 46.8. The molecule has 4 fully saturated rings. The molecule has 0 saturated heterocycles. The Morgan fingerprint density at radius 1 is 1.25 bits per heavy atom. The lowest BCUT2D eigenvalue weighted by Crippen LogP contribution is -2.69. The van der Waals surface area contributed by atoms with Gasteiger partial charge in [0, 0.05) is 6.08 Å². The van der Waals surface area contributed by atoms with E-state index in [1.54, 1.807) is 0 Å². The van der Waals surface area contributed by atoms with Gasteiger partial charge in [0.2, 0.25) is 0 Å². The molecule has 0 aliphatic heterocycles. The summed E-state index contributed by atoms with van der Waals surface area (Å²) in [6.07, 6.45) is -0.779. The van der Waals surface area contributed by atoms with Crippen LogP contribution in [0, 0.1) is 23.2 Å². The first kappa shape index (κ1) is 14.0. The number of esters is 1. The highest BCUT2D eigenvalue weighted by atomic mass is 19.4. The molecule has 0 spiro atoms. The van der Waals surface area contributed by atoms with Crippen molar-refractivity contribution in [3.8, 4) is 0 Å². The van der Waals surface area contributed by atoms with E-state index in [-0.39, 0.29) is 30.6 Å². The number of alkyl halides is 3. The summed E-state index contributed by atoms with van der Waals surface area (Å²) in [5, 5.41) is 0. The van der Waals surface area contributed by atoms with Crippen LogP contribution in [0.4, 0.5) is 13.2 Å². The van der Waals surface area contributed by atoms with Gasteiger partial charge < -0.3 is 4.74 Å². The first-order valence-electron chi connectivity index (χ1n) is 7.14. The number of hydrogen-bond donors (Lipinski definition) is 0. The second kappa shape index (κ2) is 4.01. The molecule has 0 heterocycles. The van der Waals surface area contributed by atoms with Crippen molar-refractivity contribution < 1.29 is 22.7 Å². The van der Waals surface area contributed by atoms with E-state index in [0.29, 0.717) is 0 Å². The maximum atomic E-state index is 13.8. The third-order valence-corrected chi connectivity index (χ3v) is 5.93. The molecule has 0 amide bonds. The van der Waals surface area contributed by atoms with Crippen LogP contribution in [0.5, 0.6) is 0 Å². The van der Waals surface area contributed by atoms with Gasteiger partial charge in [-0.15, -0.1) is 0 Å². The zero-order valence-corrected chi connectivity index (χ0v) is 11.5. The van der Waals surface area contributed by atoms with Gasteiger partial charge in [-0.3, -0.25) is 0 Å². The Bertz CT molecular complexity index is 443. The smallest absolute Gasteiger partial charge is 0.398 e. The molecule has 3 atom stereocenters. The van der Waals surface area contributed by atoms with Crippen molar-refractivity contribution in [3.05, 3.63) is 12.7 Å². The number of carbonyl (C=O) groups is 1. The van der Waals surface area contributed by atoms with Crippen molar-refractivity contribution in [2.45, 2.75) is 50.8 Å². The van der Waals surface area contributed by atoms with Gasteiger partial charge in [-0.1, -0.05) is 6.58 Å². The van der Waals surface area contributed by atoms with Crippen molar-refractivity contribution in [1.82, 2.24) is 0 Å². The summed E-state index contributed by atoms with van der Waals surface area (Å²) >= 11 is 0. The minimum atomic E-state index is -4.33. The first-order chi connectivity index (χ1) is 9.22. The predicted molar refractivity (Wildman–Crippen MR) is 66.7 cm³/mol. The van der Waals surface area contributed by atoms with Crippen LogP contribution in [0.2, 0.25) is 0 Å². The highest BCUT2D eigenvalue weighted by Crippen LogP contribution is 2.70. The van der Waals surface area contributed by atoms with Crippen molar-refractivity contribution in [2.75, 3.05) is 0 Å². The number of halogens is 3. The molecule has 4 aliphatic carbocycles. The van der Waals surface area contributed by atoms with Crippen molar-refractivity contribution in [2.24, 2.45) is 23.2 Å². The Labute approximate surface area is 116 Å². The van der Waals surface area contributed by atoms with E-state index in [0.717, 1.165) is 25.3 Å². The van der Waals surface area contributed by atoms with Crippen LogP contribution in [0.25, 0.3) is 0 Å². The highest BCUT2D eigenvalue weighted by Gasteiger charge is 2.75. The Hall–Kier alpha value is -1.00. The molecular formula is C15H19F3O2. The van der Waals surface area contributed by atoms with Crippen LogP contribution < -0.4 is 0 Å². The fourth-order valence-electron chi connectivity index (χ4n) is 5.16. The molecular weight excluding hydrogens is 269 g/mol. The fourth-order valence-corrected chi connectivity index (χ4v) is 5.16. The molecule has 112 valence electrons. The summed E-state index contributed by atoms with van der Waals surface area (Å²) in [5.41, 5.74) is -3.31. The SMILES string of the molecule is C=CC(=O)OC1(C)C2CC3CC(C2)CC1(C(F)(F)F)C3. The summed E-state index contributed by atoms with van der Waals surface area (Å²) in [7, 11) is 0. The van der Waals surface area contributed by atoms with Gasteiger partial charge in [0.25, 0.3) is 0 Å². The van der Waals surface area contributed by atoms with Gasteiger partial charge in [0.05, 0.1) is 0 Å². The maximum absolute atomic E-state index is 13.8. The molecule has 0 radical (unpaired) electrons. The molecule has 5 heteroatoms. The van der Waals surface area contributed by atoms with Crippen LogP contribution in [0.3, 0.4) is 0 Å². The molecule has 4 aliphatic rings. The molecule has 0 aromatic rings. The van der Waals surface area contributed by atoms with Crippen LogP contribution in [-0.4, -0.2) is 17.7 Å². The Balaban J connectivity index is 2.06. The summed E-state index contributed by atoms with van der Waals surface area (Å²) in [6.45, 7) is 4.79. The Morgan fingerprint density at radius 2 is 1.80 bits per heavy atom. The predicted octanol–water partition coefficient (Wildman–Crippen LogP) is 3.86. The number of ether oxygens (including phenoxy) is 1. The van der Waals surface area contributed by atoms with Gasteiger partial charge in [-0.25, -0.2) is 4.79 Å². The average molecular weight is 288 g/mol. The van der Waals surface area contributed by atoms with Gasteiger partial charge in [0.1, 0.15) is 11.0 Å². The zero-order valence-electron chi connectivity index (χ0n) is 11.5. The standard InChI is InChI=1S/C15H19F3O2/c1-3-12(19)20-13(2)11-5-9-4-10(6-11)8-14(13,7-9)15(16,17)18/h3,9-11H,1,4-8H2,2H3. The van der Waals surface area contributed by atoms with Crippen molar-refractivity contribution >= 4 is 5.97 Å². The zero-order chi connectivity index (χ0) is 14.8. The minimum absolute atomic E-state index is 0.102. The average Bonchev–Trinajstić information content (AvgIpc) is 2.33. The third-order valence-electron chi connectivity index (χ3n) is 5.93. The fraction of sp³-hybridized carbons (Fsp3) is 0.800. The Kier molecular flexibility index (Phi) is 2.80. The monoisotopic (exact) mass is 288 g/mol. The lowest BCUT2D eigenvalue weighted by atomic mass is 9.43. The molecule has 4 bridgehead atoms. The second-order valence-corrected chi connectivity index (χ2v) is 6.86. The van der Waals surface area contributed by atoms with Crippen molar-refractivity contribution in [1.29, 1.82) is 0 Å². The van der Waals surface area contributed by atoms with E-state index in [1.165, 1.54) is 6.92 Å². The van der Waals surface area contributed by atoms with E-state index in [9.17, 15) is 18.0 Å². The van der Waals surface area contributed by atoms with Gasteiger partial charge in [-0.2, -0.15) is 13.2 Å². The van der Waals surface area contributed by atoms with Crippen molar-refractivity contribution in [3.63, 3.8) is 0 Å². The lowest BCUT2D eigenvalue weighted by Gasteiger charge is -2.65. The summed E-state index contributed by atoms with van der Waals surface area (Å²) in [6, 6.07) is 0. The topological polar surface area (TPSA) is 26.3 Å². The van der Waals surface area contributed by atoms with Crippen LogP contribution in [0.15, 0.2) is 12.7 Å². The van der Waals surface area contributed by atoms with Crippen LogP contribution in [0.1, 0.15) is 39.0 Å². The molecule has 2 nitrogen and oxygen atoms in total. The van der Waals surface area contributed by atoms with E-state index in [2.05, 4.69) is 6.58 Å². The molecule has 3 unspecified atom stereocenters. The van der Waals surface area contributed by atoms with Gasteiger partial charge >= 0.3 is 12.1 Å². The second-order valence-electron chi connectivity index (χ2n) is 6.86. The van der Waals surface area contributed by atoms with E-state index < -0.39 is 23.2 Å².